The van der Waals surface area contributed by atoms with Crippen LogP contribution in [-0.4, -0.2) is 32.3 Å². The quantitative estimate of drug-likeness (QED) is 0.484. The van der Waals surface area contributed by atoms with Gasteiger partial charge in [0.05, 0.1) is 10.9 Å². The van der Waals surface area contributed by atoms with Crippen LogP contribution in [0.15, 0.2) is 58.6 Å². The maximum atomic E-state index is 12.6. The van der Waals surface area contributed by atoms with Gasteiger partial charge in [-0.15, -0.1) is 22.0 Å². The molecule has 2 aromatic carbocycles. The first-order valence-corrected chi connectivity index (χ1v) is 10.5. The second-order valence-corrected chi connectivity index (χ2v) is 8.15. The smallest absolute Gasteiger partial charge is 0.237 e. The summed E-state index contributed by atoms with van der Waals surface area (Å²) in [6, 6.07) is 15.6. The summed E-state index contributed by atoms with van der Waals surface area (Å²) < 4.78 is 1.43. The van der Waals surface area contributed by atoms with E-state index in [1.807, 2.05) is 68.6 Å². The van der Waals surface area contributed by atoms with Gasteiger partial charge in [0, 0.05) is 10.5 Å². The number of thioether (sulfide) groups is 2. The number of para-hydroxylation sites is 1. The van der Waals surface area contributed by atoms with Crippen molar-refractivity contribution in [3.63, 3.8) is 0 Å². The molecule has 0 saturated heterocycles. The minimum absolute atomic E-state index is 0.110. The van der Waals surface area contributed by atoms with E-state index in [1.54, 1.807) is 11.8 Å². The molecule has 1 heterocycles. The third-order valence-corrected chi connectivity index (χ3v) is 5.84. The zero-order valence-electron chi connectivity index (χ0n) is 15.3. The van der Waals surface area contributed by atoms with Gasteiger partial charge in [-0.05, 0) is 32.2 Å². The van der Waals surface area contributed by atoms with Gasteiger partial charge >= 0.3 is 0 Å². The van der Waals surface area contributed by atoms with E-state index in [9.17, 15) is 4.79 Å². The van der Waals surface area contributed by atoms with Gasteiger partial charge in [-0.3, -0.25) is 4.79 Å². The molecular formula is C19H21N5OS2. The molecule has 3 aromatic rings. The number of nitrogens with zero attached hydrogens (tertiary/aromatic N) is 3. The second-order valence-electron chi connectivity index (χ2n) is 5.99. The zero-order chi connectivity index (χ0) is 19.4. The molecule has 0 aliphatic carbocycles. The van der Waals surface area contributed by atoms with E-state index in [0.29, 0.717) is 11.0 Å². The van der Waals surface area contributed by atoms with Gasteiger partial charge < -0.3 is 11.2 Å². The van der Waals surface area contributed by atoms with Crippen molar-refractivity contribution in [1.29, 1.82) is 0 Å². The van der Waals surface area contributed by atoms with Crippen LogP contribution in [-0.2, 0) is 4.79 Å². The lowest BCUT2D eigenvalue weighted by Gasteiger charge is -2.13. The number of amides is 1. The van der Waals surface area contributed by atoms with Crippen LogP contribution in [0.3, 0.4) is 0 Å². The summed E-state index contributed by atoms with van der Waals surface area (Å²) in [5.41, 5.74) is 2.85. The molecule has 3 N–H and O–H groups in total. The molecule has 0 fully saturated rings. The lowest BCUT2D eigenvalue weighted by atomic mass is 10.1. The number of aromatic nitrogens is 3. The molecule has 1 unspecified atom stereocenters. The molecule has 0 spiro atoms. The van der Waals surface area contributed by atoms with Gasteiger partial charge in [-0.25, -0.2) is 4.68 Å². The molecule has 140 valence electrons. The van der Waals surface area contributed by atoms with Crippen LogP contribution < -0.4 is 11.2 Å². The summed E-state index contributed by atoms with van der Waals surface area (Å²) in [5, 5.41) is 11.4. The average Bonchev–Trinajstić information content (AvgIpc) is 3.03. The fraction of sp³-hybridized carbons (Fsp3) is 0.211. The first kappa shape index (κ1) is 19.3. The van der Waals surface area contributed by atoms with E-state index in [0.717, 1.165) is 21.7 Å². The standard InChI is InChI=1S/C19H21N5OS2/c1-12-8-10-14(11-9-12)17-22-23-19(24(17)20)27-13(2)18(25)21-15-6-4-5-7-16(15)26-3/h4-11,13H,20H2,1-3H3,(H,21,25). The number of anilines is 1. The molecular weight excluding hydrogens is 378 g/mol. The minimum atomic E-state index is -0.378. The van der Waals surface area contributed by atoms with Crippen LogP contribution in [0.1, 0.15) is 12.5 Å². The van der Waals surface area contributed by atoms with Crippen molar-refractivity contribution in [2.75, 3.05) is 17.4 Å². The van der Waals surface area contributed by atoms with E-state index < -0.39 is 0 Å². The van der Waals surface area contributed by atoms with Gasteiger partial charge in [0.15, 0.2) is 5.82 Å². The van der Waals surface area contributed by atoms with Crippen molar-refractivity contribution in [1.82, 2.24) is 14.9 Å². The molecule has 0 radical (unpaired) electrons. The molecule has 3 rings (SSSR count). The molecule has 27 heavy (non-hydrogen) atoms. The predicted octanol–water partition coefficient (Wildman–Crippen LogP) is 3.81. The Morgan fingerprint density at radius 3 is 2.56 bits per heavy atom. The highest BCUT2D eigenvalue weighted by Gasteiger charge is 2.20. The number of carbonyl (C=O) groups is 1. The highest BCUT2D eigenvalue weighted by atomic mass is 32.2. The summed E-state index contributed by atoms with van der Waals surface area (Å²) in [6.45, 7) is 3.84. The van der Waals surface area contributed by atoms with Gasteiger partial charge in [-0.1, -0.05) is 53.7 Å². The predicted molar refractivity (Wildman–Crippen MR) is 113 cm³/mol. The number of carbonyl (C=O) groups excluding carboxylic acids is 1. The van der Waals surface area contributed by atoms with Gasteiger partial charge in [-0.2, -0.15) is 0 Å². The van der Waals surface area contributed by atoms with E-state index in [-0.39, 0.29) is 11.2 Å². The Labute approximate surface area is 166 Å². The Morgan fingerprint density at radius 2 is 1.85 bits per heavy atom. The maximum absolute atomic E-state index is 12.6. The lowest BCUT2D eigenvalue weighted by Crippen LogP contribution is -2.24. The Hall–Kier alpha value is -2.45. The lowest BCUT2D eigenvalue weighted by molar-refractivity contribution is -0.115. The van der Waals surface area contributed by atoms with E-state index >= 15 is 0 Å². The monoisotopic (exact) mass is 399 g/mol. The number of nitrogens with two attached hydrogens (primary N) is 1. The van der Waals surface area contributed by atoms with Crippen LogP contribution in [0.2, 0.25) is 0 Å². The summed E-state index contributed by atoms with van der Waals surface area (Å²) in [7, 11) is 0. The van der Waals surface area contributed by atoms with E-state index in [2.05, 4.69) is 15.5 Å². The third kappa shape index (κ3) is 4.45. The van der Waals surface area contributed by atoms with E-state index in [4.69, 9.17) is 5.84 Å². The molecule has 0 bridgehead atoms. The molecule has 6 nitrogen and oxygen atoms in total. The number of hydrogen-bond donors (Lipinski definition) is 2. The second kappa shape index (κ2) is 8.49. The van der Waals surface area contributed by atoms with Crippen molar-refractivity contribution in [2.45, 2.75) is 29.1 Å². The van der Waals surface area contributed by atoms with E-state index in [1.165, 1.54) is 16.4 Å². The van der Waals surface area contributed by atoms with Crippen molar-refractivity contribution in [2.24, 2.45) is 0 Å². The summed E-state index contributed by atoms with van der Waals surface area (Å²) in [4.78, 5) is 13.6. The fourth-order valence-electron chi connectivity index (χ4n) is 2.45. The Bertz CT molecular complexity index is 940. The molecule has 1 amide bonds. The highest BCUT2D eigenvalue weighted by molar-refractivity contribution is 8.00. The molecule has 1 atom stereocenters. The number of nitrogens with one attached hydrogen (secondary N) is 1. The minimum Gasteiger partial charge on any atom is -0.335 e. The van der Waals surface area contributed by atoms with Crippen LogP contribution in [0, 0.1) is 6.92 Å². The Balaban J connectivity index is 1.71. The molecule has 1 aromatic heterocycles. The number of hydrogen-bond acceptors (Lipinski definition) is 6. The first-order chi connectivity index (χ1) is 13.0. The largest absolute Gasteiger partial charge is 0.335 e. The molecule has 0 saturated carbocycles. The number of nitrogen functional groups attached to an aromatic ring is 1. The topological polar surface area (TPSA) is 85.8 Å². The summed E-state index contributed by atoms with van der Waals surface area (Å²) in [6.07, 6.45) is 1.98. The third-order valence-electron chi connectivity index (χ3n) is 3.99. The van der Waals surface area contributed by atoms with Gasteiger partial charge in [0.2, 0.25) is 11.1 Å². The maximum Gasteiger partial charge on any atom is 0.237 e. The number of aryl methyl sites for hydroxylation is 1. The SMILES string of the molecule is CSc1ccccc1NC(=O)C(C)Sc1nnc(-c2ccc(C)cc2)n1N. The van der Waals surface area contributed by atoms with Gasteiger partial charge in [0.25, 0.3) is 0 Å². The normalized spacial score (nSPS) is 12.0. The molecule has 0 aliphatic heterocycles. The summed E-state index contributed by atoms with van der Waals surface area (Å²) >= 11 is 2.86. The van der Waals surface area contributed by atoms with Gasteiger partial charge in [0.1, 0.15) is 0 Å². The van der Waals surface area contributed by atoms with Crippen LogP contribution >= 0.6 is 23.5 Å². The highest BCUT2D eigenvalue weighted by Crippen LogP contribution is 2.28. The van der Waals surface area contributed by atoms with Crippen LogP contribution in [0.5, 0.6) is 0 Å². The van der Waals surface area contributed by atoms with Crippen molar-refractivity contribution in [3.8, 4) is 11.4 Å². The van der Waals surface area contributed by atoms with Crippen molar-refractivity contribution in [3.05, 3.63) is 54.1 Å². The number of rotatable bonds is 6. The van der Waals surface area contributed by atoms with Crippen LogP contribution in [0.25, 0.3) is 11.4 Å². The Kier molecular flexibility index (Phi) is 6.08. The number of benzene rings is 2. The Morgan fingerprint density at radius 1 is 1.15 bits per heavy atom. The molecule has 0 aliphatic rings. The first-order valence-electron chi connectivity index (χ1n) is 8.37. The fourth-order valence-corrected chi connectivity index (χ4v) is 3.77. The van der Waals surface area contributed by atoms with Crippen molar-refractivity contribution >= 4 is 35.1 Å². The zero-order valence-corrected chi connectivity index (χ0v) is 17.0. The average molecular weight is 400 g/mol. The summed E-state index contributed by atoms with van der Waals surface area (Å²) in [5.74, 6) is 6.61. The molecule has 8 heteroatoms. The van der Waals surface area contributed by atoms with Crippen molar-refractivity contribution < 1.29 is 4.79 Å². The van der Waals surface area contributed by atoms with Crippen LogP contribution in [0.4, 0.5) is 5.69 Å².